The third kappa shape index (κ3) is 3.43. The fourth-order valence-electron chi connectivity index (χ4n) is 1.94. The second kappa shape index (κ2) is 5.85. The van der Waals surface area contributed by atoms with Gasteiger partial charge in [0, 0.05) is 15.6 Å². The summed E-state index contributed by atoms with van der Waals surface area (Å²) in [5, 5.41) is 1.27. The largest absolute Gasteiger partial charge is 0.489 e. The van der Waals surface area contributed by atoms with E-state index in [-0.39, 0.29) is 0 Å². The van der Waals surface area contributed by atoms with Crippen molar-refractivity contribution in [3.05, 3.63) is 62.6 Å². The Morgan fingerprint density at radius 1 is 1.00 bits per heavy atom. The molecule has 0 radical (unpaired) electrons. The van der Waals surface area contributed by atoms with Crippen LogP contribution in [0.25, 0.3) is 0 Å². The molecule has 0 aliphatic heterocycles. The zero-order chi connectivity index (χ0) is 14.0. The van der Waals surface area contributed by atoms with Crippen molar-refractivity contribution in [3.63, 3.8) is 0 Å². The molecule has 3 heteroatoms. The molecule has 0 aliphatic carbocycles. The van der Waals surface area contributed by atoms with Crippen molar-refractivity contribution in [3.8, 4) is 5.75 Å². The Balaban J connectivity index is 2.19. The van der Waals surface area contributed by atoms with Crippen LogP contribution in [0.4, 0.5) is 0 Å². The molecule has 0 unspecified atom stereocenters. The minimum Gasteiger partial charge on any atom is -0.489 e. The first-order valence-corrected chi connectivity index (χ1v) is 6.87. The van der Waals surface area contributed by atoms with Crippen LogP contribution in [0.5, 0.6) is 5.75 Å². The van der Waals surface area contributed by atoms with Crippen molar-refractivity contribution in [2.75, 3.05) is 0 Å². The number of aryl methyl sites for hydroxylation is 2. The molecular weight excluding hydrogens is 279 g/mol. The molecule has 0 N–H and O–H groups in total. The number of ether oxygens (including phenoxy) is 1. The lowest BCUT2D eigenvalue weighted by Gasteiger charge is -2.13. The summed E-state index contributed by atoms with van der Waals surface area (Å²) >= 11 is 12.0. The highest BCUT2D eigenvalue weighted by Crippen LogP contribution is 2.26. The van der Waals surface area contributed by atoms with Crippen LogP contribution in [0, 0.1) is 20.8 Å². The SMILES string of the molecule is Cc1cc(C)c(C)c(OCc2ccc(Cl)cc2Cl)c1. The van der Waals surface area contributed by atoms with E-state index in [9.17, 15) is 0 Å². The van der Waals surface area contributed by atoms with Crippen molar-refractivity contribution in [2.24, 2.45) is 0 Å². The fraction of sp³-hybridized carbons (Fsp3) is 0.250. The van der Waals surface area contributed by atoms with E-state index in [4.69, 9.17) is 27.9 Å². The van der Waals surface area contributed by atoms with Crippen LogP contribution >= 0.6 is 23.2 Å². The molecular formula is C16H16Cl2O. The van der Waals surface area contributed by atoms with Gasteiger partial charge in [-0.25, -0.2) is 0 Å². The molecule has 0 bridgehead atoms. The highest BCUT2D eigenvalue weighted by molar-refractivity contribution is 6.35. The van der Waals surface area contributed by atoms with Crippen LogP contribution in [0.2, 0.25) is 10.0 Å². The summed E-state index contributed by atoms with van der Waals surface area (Å²) in [6, 6.07) is 9.64. The first-order valence-electron chi connectivity index (χ1n) is 6.12. The first-order chi connectivity index (χ1) is 8.97. The average Bonchev–Trinajstić information content (AvgIpc) is 2.33. The average molecular weight is 295 g/mol. The van der Waals surface area contributed by atoms with Crippen molar-refractivity contribution in [1.29, 1.82) is 0 Å². The van der Waals surface area contributed by atoms with Crippen LogP contribution in [-0.2, 0) is 6.61 Å². The molecule has 0 amide bonds. The molecule has 2 rings (SSSR count). The van der Waals surface area contributed by atoms with Crippen LogP contribution < -0.4 is 4.74 Å². The summed E-state index contributed by atoms with van der Waals surface area (Å²) in [7, 11) is 0. The normalized spacial score (nSPS) is 10.6. The Hall–Kier alpha value is -1.18. The summed E-state index contributed by atoms with van der Waals surface area (Å²) in [4.78, 5) is 0. The smallest absolute Gasteiger partial charge is 0.123 e. The Labute approximate surface area is 124 Å². The van der Waals surface area contributed by atoms with Crippen LogP contribution in [-0.4, -0.2) is 0 Å². The molecule has 0 aromatic heterocycles. The van der Waals surface area contributed by atoms with Crippen molar-refractivity contribution in [1.82, 2.24) is 0 Å². The summed E-state index contributed by atoms with van der Waals surface area (Å²) in [6.07, 6.45) is 0. The summed E-state index contributed by atoms with van der Waals surface area (Å²) < 4.78 is 5.88. The van der Waals surface area contributed by atoms with E-state index in [0.717, 1.165) is 16.9 Å². The highest BCUT2D eigenvalue weighted by atomic mass is 35.5. The molecule has 1 nitrogen and oxygen atoms in total. The van der Waals surface area contributed by atoms with Crippen LogP contribution in [0.15, 0.2) is 30.3 Å². The molecule has 2 aromatic rings. The molecule has 0 atom stereocenters. The number of halogens is 2. The second-order valence-corrected chi connectivity index (χ2v) is 5.57. The number of benzene rings is 2. The molecule has 0 fully saturated rings. The molecule has 0 heterocycles. The maximum Gasteiger partial charge on any atom is 0.123 e. The van der Waals surface area contributed by atoms with Gasteiger partial charge in [0.2, 0.25) is 0 Å². The summed E-state index contributed by atoms with van der Waals surface area (Å²) in [5.74, 6) is 0.906. The van der Waals surface area contributed by atoms with Gasteiger partial charge in [0.1, 0.15) is 12.4 Å². The van der Waals surface area contributed by atoms with Crippen molar-refractivity contribution in [2.45, 2.75) is 27.4 Å². The summed E-state index contributed by atoms with van der Waals surface area (Å²) in [6.45, 7) is 6.66. The molecule has 0 saturated heterocycles. The van der Waals surface area contributed by atoms with Gasteiger partial charge in [-0.2, -0.15) is 0 Å². The third-order valence-corrected chi connectivity index (χ3v) is 3.75. The van der Waals surface area contributed by atoms with Gasteiger partial charge in [-0.05, 0) is 55.7 Å². The van der Waals surface area contributed by atoms with Gasteiger partial charge in [0.15, 0.2) is 0 Å². The van der Waals surface area contributed by atoms with Crippen molar-refractivity contribution >= 4 is 23.2 Å². The molecule has 19 heavy (non-hydrogen) atoms. The van der Waals surface area contributed by atoms with E-state index in [1.165, 1.54) is 11.1 Å². The number of rotatable bonds is 3. The van der Waals surface area contributed by atoms with Gasteiger partial charge < -0.3 is 4.74 Å². The van der Waals surface area contributed by atoms with Gasteiger partial charge in [0.05, 0.1) is 0 Å². The molecule has 0 aliphatic rings. The number of hydrogen-bond donors (Lipinski definition) is 0. The minimum absolute atomic E-state index is 0.444. The highest BCUT2D eigenvalue weighted by Gasteiger charge is 2.06. The second-order valence-electron chi connectivity index (χ2n) is 4.73. The lowest BCUT2D eigenvalue weighted by atomic mass is 10.1. The topological polar surface area (TPSA) is 9.23 Å². The van der Waals surface area contributed by atoms with E-state index in [1.54, 1.807) is 6.07 Å². The van der Waals surface area contributed by atoms with Crippen molar-refractivity contribution < 1.29 is 4.74 Å². The van der Waals surface area contributed by atoms with Gasteiger partial charge in [-0.3, -0.25) is 0 Å². The minimum atomic E-state index is 0.444. The van der Waals surface area contributed by atoms with E-state index in [0.29, 0.717) is 16.7 Å². The third-order valence-electron chi connectivity index (χ3n) is 3.16. The fourth-order valence-corrected chi connectivity index (χ4v) is 2.41. The van der Waals surface area contributed by atoms with Crippen LogP contribution in [0.1, 0.15) is 22.3 Å². The Morgan fingerprint density at radius 2 is 1.74 bits per heavy atom. The predicted molar refractivity (Wildman–Crippen MR) is 81.4 cm³/mol. The summed E-state index contributed by atoms with van der Waals surface area (Å²) in [5.41, 5.74) is 4.53. The maximum absolute atomic E-state index is 6.13. The molecule has 0 saturated carbocycles. The predicted octanol–water partition coefficient (Wildman–Crippen LogP) is 5.50. The zero-order valence-corrected chi connectivity index (χ0v) is 12.8. The van der Waals surface area contributed by atoms with E-state index in [2.05, 4.69) is 26.8 Å². The van der Waals surface area contributed by atoms with E-state index < -0.39 is 0 Å². The Kier molecular flexibility index (Phi) is 4.38. The molecule has 100 valence electrons. The molecule has 2 aromatic carbocycles. The number of hydrogen-bond acceptors (Lipinski definition) is 1. The van der Waals surface area contributed by atoms with Crippen LogP contribution in [0.3, 0.4) is 0 Å². The lowest BCUT2D eigenvalue weighted by molar-refractivity contribution is 0.304. The van der Waals surface area contributed by atoms with Gasteiger partial charge in [-0.15, -0.1) is 0 Å². The quantitative estimate of drug-likeness (QED) is 0.726. The monoisotopic (exact) mass is 294 g/mol. The van der Waals surface area contributed by atoms with Gasteiger partial charge in [0.25, 0.3) is 0 Å². The van der Waals surface area contributed by atoms with Gasteiger partial charge in [-0.1, -0.05) is 35.3 Å². The van der Waals surface area contributed by atoms with E-state index >= 15 is 0 Å². The lowest BCUT2D eigenvalue weighted by Crippen LogP contribution is -1.99. The first kappa shape index (κ1) is 14.2. The Bertz CT molecular complexity index is 606. The maximum atomic E-state index is 6.13. The van der Waals surface area contributed by atoms with E-state index in [1.807, 2.05) is 18.2 Å². The van der Waals surface area contributed by atoms with Gasteiger partial charge >= 0.3 is 0 Å². The molecule has 0 spiro atoms. The Morgan fingerprint density at radius 3 is 2.42 bits per heavy atom. The zero-order valence-electron chi connectivity index (χ0n) is 11.3. The standard InChI is InChI=1S/C16H16Cl2O/c1-10-6-11(2)12(3)16(7-10)19-9-13-4-5-14(17)8-15(13)18/h4-8H,9H2,1-3H3.